The molecule has 1 aromatic heterocycles. The summed E-state index contributed by atoms with van der Waals surface area (Å²) >= 11 is 0. The number of carboxylic acid groups (broad SMARTS) is 1. The number of hydrogen-bond donors (Lipinski definition) is 4. The minimum absolute atomic E-state index is 0.0404. The van der Waals surface area contributed by atoms with Crippen molar-refractivity contribution in [2.75, 3.05) is 0 Å². The van der Waals surface area contributed by atoms with E-state index in [4.69, 9.17) is 16.0 Å². The Kier molecular flexibility index (Phi) is 3.18. The normalized spacial score (nSPS) is 11.9. The van der Waals surface area contributed by atoms with E-state index < -0.39 is 5.97 Å². The van der Waals surface area contributed by atoms with Gasteiger partial charge in [-0.3, -0.25) is 4.79 Å². The molecule has 0 radical (unpaired) electrons. The Labute approximate surface area is 103 Å². The van der Waals surface area contributed by atoms with Gasteiger partial charge in [-0.15, -0.1) is 0 Å². The maximum Gasteiger partial charge on any atom is 0.303 e. The van der Waals surface area contributed by atoms with Gasteiger partial charge in [-0.25, -0.2) is 0 Å². The molecule has 0 fully saturated rings. The van der Waals surface area contributed by atoms with E-state index in [1.807, 2.05) is 6.07 Å². The first-order valence-corrected chi connectivity index (χ1v) is 5.41. The fraction of sp³-hybridized carbons (Fsp3) is 0.167. The molecule has 0 amide bonds. The van der Waals surface area contributed by atoms with Crippen molar-refractivity contribution in [3.63, 3.8) is 0 Å². The Bertz CT molecular complexity index is 616. The lowest BCUT2D eigenvalue weighted by Crippen LogP contribution is -2.12. The second-order valence-corrected chi connectivity index (χ2v) is 3.95. The van der Waals surface area contributed by atoms with Gasteiger partial charge in [0.25, 0.3) is 0 Å². The minimum Gasteiger partial charge on any atom is -0.481 e. The number of nitrogens with one attached hydrogen (secondary N) is 1. The van der Waals surface area contributed by atoms with Crippen LogP contribution >= 0.6 is 0 Å². The van der Waals surface area contributed by atoms with E-state index in [2.05, 4.69) is 10.1 Å². The zero-order valence-corrected chi connectivity index (χ0v) is 9.55. The highest BCUT2D eigenvalue weighted by Crippen LogP contribution is 2.20. The second-order valence-electron chi connectivity index (χ2n) is 3.95. The summed E-state index contributed by atoms with van der Waals surface area (Å²) in [4.78, 5) is 13.6. The molecule has 2 rings (SSSR count). The van der Waals surface area contributed by atoms with Gasteiger partial charge in [-0.2, -0.15) is 0 Å². The quantitative estimate of drug-likeness (QED) is 0.282. The third-order valence-corrected chi connectivity index (χ3v) is 2.78. The molecule has 0 aliphatic heterocycles. The molecule has 0 aliphatic rings. The predicted molar refractivity (Wildman–Crippen MR) is 66.8 cm³/mol. The van der Waals surface area contributed by atoms with Gasteiger partial charge in [-0.05, 0) is 18.1 Å². The van der Waals surface area contributed by atoms with E-state index in [9.17, 15) is 4.79 Å². The van der Waals surface area contributed by atoms with Crippen LogP contribution in [0.4, 0.5) is 0 Å². The van der Waals surface area contributed by atoms with Gasteiger partial charge in [0.1, 0.15) is 0 Å². The van der Waals surface area contributed by atoms with Crippen molar-refractivity contribution in [3.05, 3.63) is 35.5 Å². The summed E-state index contributed by atoms with van der Waals surface area (Å²) in [6.45, 7) is 0. The van der Waals surface area contributed by atoms with Crippen LogP contribution in [0.25, 0.3) is 10.9 Å². The van der Waals surface area contributed by atoms with Crippen LogP contribution in [0, 0.1) is 0 Å². The van der Waals surface area contributed by atoms with E-state index >= 15 is 0 Å². The molecular weight excluding hydrogens is 234 g/mol. The largest absolute Gasteiger partial charge is 0.481 e. The van der Waals surface area contributed by atoms with Crippen molar-refractivity contribution in [1.29, 1.82) is 0 Å². The average molecular weight is 247 g/mol. The van der Waals surface area contributed by atoms with E-state index in [0.29, 0.717) is 12.0 Å². The Morgan fingerprint density at radius 2 is 2.22 bits per heavy atom. The average Bonchev–Trinajstić information content (AvgIpc) is 2.77. The number of benzene rings is 1. The van der Waals surface area contributed by atoms with Gasteiger partial charge < -0.3 is 21.0 Å². The molecule has 0 saturated carbocycles. The number of oxime groups is 1. The maximum atomic E-state index is 10.5. The fourth-order valence-electron chi connectivity index (χ4n) is 1.85. The summed E-state index contributed by atoms with van der Waals surface area (Å²) in [5, 5.41) is 21.1. The monoisotopic (exact) mass is 247 g/mol. The molecule has 18 heavy (non-hydrogen) atoms. The van der Waals surface area contributed by atoms with Crippen LogP contribution in [-0.2, 0) is 11.2 Å². The Hall–Kier alpha value is -2.50. The highest BCUT2D eigenvalue weighted by atomic mass is 16.4. The van der Waals surface area contributed by atoms with Gasteiger partial charge in [0, 0.05) is 29.1 Å². The highest BCUT2D eigenvalue weighted by Gasteiger charge is 2.08. The Morgan fingerprint density at radius 1 is 1.44 bits per heavy atom. The maximum absolute atomic E-state index is 10.5. The van der Waals surface area contributed by atoms with Gasteiger partial charge in [0.05, 0.1) is 0 Å². The summed E-state index contributed by atoms with van der Waals surface area (Å²) in [6.07, 6.45) is 2.34. The Balaban J connectivity index is 2.34. The number of fused-ring (bicyclic) bond motifs is 1. The fourth-order valence-corrected chi connectivity index (χ4v) is 1.85. The number of rotatable bonds is 4. The summed E-state index contributed by atoms with van der Waals surface area (Å²) in [7, 11) is 0. The van der Waals surface area contributed by atoms with Crippen LogP contribution in [0.3, 0.4) is 0 Å². The number of nitrogens with two attached hydrogens (primary N) is 1. The lowest BCUT2D eigenvalue weighted by atomic mass is 10.1. The zero-order chi connectivity index (χ0) is 13.1. The van der Waals surface area contributed by atoms with E-state index in [-0.39, 0.29) is 12.3 Å². The second kappa shape index (κ2) is 4.79. The van der Waals surface area contributed by atoms with Crippen molar-refractivity contribution in [2.24, 2.45) is 10.9 Å². The van der Waals surface area contributed by atoms with Gasteiger partial charge in [0.15, 0.2) is 5.84 Å². The van der Waals surface area contributed by atoms with Crippen LogP contribution < -0.4 is 5.73 Å². The number of hydrogen-bond acceptors (Lipinski definition) is 3. The molecule has 0 aliphatic carbocycles. The number of carbonyl (C=O) groups is 1. The van der Waals surface area contributed by atoms with Gasteiger partial charge in [-0.1, -0.05) is 17.3 Å². The minimum atomic E-state index is -0.822. The molecule has 94 valence electrons. The molecule has 5 N–H and O–H groups in total. The van der Waals surface area contributed by atoms with E-state index in [0.717, 1.165) is 16.5 Å². The molecule has 0 bridgehead atoms. The number of aryl methyl sites for hydroxylation is 1. The zero-order valence-electron chi connectivity index (χ0n) is 9.55. The topological polar surface area (TPSA) is 112 Å². The standard InChI is InChI=1S/C12H13N3O3/c13-12(15-18)7-1-3-9-8(2-4-11(16)17)6-14-10(9)5-7/h1,3,5-6,14,18H,2,4H2,(H2,13,15)(H,16,17). The third kappa shape index (κ3) is 2.27. The summed E-state index contributed by atoms with van der Waals surface area (Å²) in [5.41, 5.74) is 7.88. The van der Waals surface area contributed by atoms with Gasteiger partial charge in [0.2, 0.25) is 0 Å². The molecule has 0 unspecified atom stereocenters. The lowest BCUT2D eigenvalue weighted by molar-refractivity contribution is -0.136. The number of aromatic nitrogens is 1. The number of amidine groups is 1. The first kappa shape index (κ1) is 12.0. The van der Waals surface area contributed by atoms with Crippen LogP contribution in [0.1, 0.15) is 17.5 Å². The SMILES string of the molecule is NC(=NO)c1ccc2c(CCC(=O)O)c[nH]c2c1. The van der Waals surface area contributed by atoms with Crippen molar-refractivity contribution in [2.45, 2.75) is 12.8 Å². The summed E-state index contributed by atoms with van der Waals surface area (Å²) in [5.74, 6) is -0.781. The van der Waals surface area contributed by atoms with E-state index in [1.54, 1.807) is 18.3 Å². The number of H-pyrrole nitrogens is 1. The highest BCUT2D eigenvalue weighted by molar-refractivity contribution is 6.00. The number of nitrogens with zero attached hydrogens (tertiary/aromatic N) is 1. The van der Waals surface area contributed by atoms with Crippen molar-refractivity contribution < 1.29 is 15.1 Å². The smallest absolute Gasteiger partial charge is 0.303 e. The van der Waals surface area contributed by atoms with Crippen LogP contribution in [-0.4, -0.2) is 27.1 Å². The number of carboxylic acids is 1. The van der Waals surface area contributed by atoms with Crippen molar-refractivity contribution in [3.8, 4) is 0 Å². The third-order valence-electron chi connectivity index (χ3n) is 2.78. The van der Waals surface area contributed by atoms with Gasteiger partial charge >= 0.3 is 5.97 Å². The molecule has 0 atom stereocenters. The molecule has 2 aromatic rings. The van der Waals surface area contributed by atoms with Crippen molar-refractivity contribution in [1.82, 2.24) is 4.98 Å². The molecular formula is C12H13N3O3. The summed E-state index contributed by atoms with van der Waals surface area (Å²) < 4.78 is 0. The van der Waals surface area contributed by atoms with Crippen LogP contribution in [0.15, 0.2) is 29.6 Å². The predicted octanol–water partition coefficient (Wildman–Crippen LogP) is 1.28. The first-order valence-electron chi connectivity index (χ1n) is 5.41. The number of aromatic amines is 1. The molecule has 1 heterocycles. The summed E-state index contributed by atoms with van der Waals surface area (Å²) in [6, 6.07) is 5.32. The van der Waals surface area contributed by atoms with Crippen molar-refractivity contribution >= 4 is 22.7 Å². The molecule has 1 aromatic carbocycles. The molecule has 6 nitrogen and oxygen atoms in total. The van der Waals surface area contributed by atoms with Crippen LogP contribution in [0.2, 0.25) is 0 Å². The van der Waals surface area contributed by atoms with Crippen LogP contribution in [0.5, 0.6) is 0 Å². The Morgan fingerprint density at radius 3 is 2.89 bits per heavy atom. The number of aliphatic carboxylic acids is 1. The molecule has 0 saturated heterocycles. The van der Waals surface area contributed by atoms with E-state index in [1.165, 1.54) is 0 Å². The first-order chi connectivity index (χ1) is 8.61. The lowest BCUT2D eigenvalue weighted by Gasteiger charge is -2.00. The molecule has 0 spiro atoms. The molecule has 6 heteroatoms.